The highest BCUT2D eigenvalue weighted by Crippen LogP contribution is 2.28. The third-order valence-electron chi connectivity index (χ3n) is 4.37. The highest BCUT2D eigenvalue weighted by molar-refractivity contribution is 5.81. The molecule has 4 heterocycles. The zero-order valence-electron chi connectivity index (χ0n) is 13.9. The normalized spacial score (nSPS) is 11.4. The van der Waals surface area contributed by atoms with Gasteiger partial charge in [-0.2, -0.15) is 4.98 Å². The third kappa shape index (κ3) is 2.21. The van der Waals surface area contributed by atoms with E-state index in [9.17, 15) is 0 Å². The summed E-state index contributed by atoms with van der Waals surface area (Å²) in [5, 5.41) is 8.68. The van der Waals surface area contributed by atoms with Gasteiger partial charge in [0.2, 0.25) is 0 Å². The smallest absolute Gasteiger partial charge is 0.292 e. The van der Waals surface area contributed by atoms with Crippen molar-refractivity contribution in [1.29, 1.82) is 0 Å². The van der Waals surface area contributed by atoms with Crippen LogP contribution in [0.1, 0.15) is 5.56 Å². The largest absolute Gasteiger partial charge is 0.424 e. The van der Waals surface area contributed by atoms with Crippen molar-refractivity contribution in [3.05, 3.63) is 60.6 Å². The molecule has 1 aromatic carbocycles. The first-order chi connectivity index (χ1) is 12.7. The molecule has 0 spiro atoms. The molecule has 2 N–H and O–H groups in total. The zero-order valence-corrected chi connectivity index (χ0v) is 13.9. The molecule has 5 aromatic rings. The quantitative estimate of drug-likeness (QED) is 0.527. The molecule has 4 aromatic heterocycles. The van der Waals surface area contributed by atoms with Crippen molar-refractivity contribution in [2.75, 3.05) is 5.73 Å². The van der Waals surface area contributed by atoms with Crippen LogP contribution < -0.4 is 5.73 Å². The minimum atomic E-state index is 0.169. The summed E-state index contributed by atoms with van der Waals surface area (Å²) in [6.45, 7) is 2.02. The van der Waals surface area contributed by atoms with Crippen molar-refractivity contribution in [2.45, 2.75) is 6.92 Å². The number of pyridine rings is 2. The first kappa shape index (κ1) is 14.6. The number of anilines is 1. The Kier molecular flexibility index (Phi) is 3.02. The van der Waals surface area contributed by atoms with Crippen molar-refractivity contribution >= 4 is 22.8 Å². The number of nitrogens with two attached hydrogens (primary N) is 1. The summed E-state index contributed by atoms with van der Waals surface area (Å²) in [5.74, 6) is 0.775. The lowest BCUT2D eigenvalue weighted by Crippen LogP contribution is -1.93. The Hall–Kier alpha value is -3.74. The maximum Gasteiger partial charge on any atom is 0.292 e. The number of oxazole rings is 1. The molecule has 0 fully saturated rings. The number of fused-ring (bicyclic) bond motifs is 2. The average molecular weight is 342 g/mol. The molecule has 0 saturated heterocycles. The van der Waals surface area contributed by atoms with E-state index in [4.69, 9.17) is 10.2 Å². The van der Waals surface area contributed by atoms with E-state index in [1.807, 2.05) is 47.9 Å². The third-order valence-corrected chi connectivity index (χ3v) is 4.37. The first-order valence-electron chi connectivity index (χ1n) is 8.11. The van der Waals surface area contributed by atoms with E-state index in [1.165, 1.54) is 0 Å². The Morgan fingerprint density at radius 2 is 1.81 bits per heavy atom. The molecule has 0 bridgehead atoms. The Morgan fingerprint density at radius 3 is 2.65 bits per heavy atom. The minimum Gasteiger partial charge on any atom is -0.424 e. The molecule has 0 aliphatic rings. The van der Waals surface area contributed by atoms with Crippen molar-refractivity contribution < 1.29 is 4.42 Å². The van der Waals surface area contributed by atoms with Gasteiger partial charge in [-0.25, -0.2) is 0 Å². The van der Waals surface area contributed by atoms with Crippen LogP contribution in [0.3, 0.4) is 0 Å². The molecule has 0 atom stereocenters. The van der Waals surface area contributed by atoms with E-state index < -0.39 is 0 Å². The fourth-order valence-electron chi connectivity index (χ4n) is 3.13. The molecule has 0 amide bonds. The zero-order chi connectivity index (χ0) is 17.7. The summed E-state index contributed by atoms with van der Waals surface area (Å²) in [5.41, 5.74) is 11.9. The topological polar surface area (TPSA) is 95.1 Å². The lowest BCUT2D eigenvalue weighted by Gasteiger charge is -2.07. The van der Waals surface area contributed by atoms with Gasteiger partial charge in [-0.3, -0.25) is 9.38 Å². The lowest BCUT2D eigenvalue weighted by molar-refractivity contribution is 0.626. The fourth-order valence-corrected chi connectivity index (χ4v) is 3.13. The van der Waals surface area contributed by atoms with Crippen LogP contribution in [0.2, 0.25) is 0 Å². The molecule has 0 aliphatic heterocycles. The summed E-state index contributed by atoms with van der Waals surface area (Å²) >= 11 is 0. The molecule has 0 aliphatic carbocycles. The number of hydrogen-bond donors (Lipinski definition) is 1. The van der Waals surface area contributed by atoms with E-state index in [2.05, 4.69) is 26.2 Å². The standard InChI is InChI=1S/C19H14N6O/c1-11-8-14(13-2-3-15-16(9-13)26-19(20)22-15)10-25-17(11)23-24-18(25)12-4-6-21-7-5-12/h2-10H,1H3,(H2,20,22). The number of aromatic nitrogens is 5. The Labute approximate surface area is 148 Å². The first-order valence-corrected chi connectivity index (χ1v) is 8.11. The van der Waals surface area contributed by atoms with E-state index in [-0.39, 0.29) is 6.01 Å². The predicted molar refractivity (Wildman–Crippen MR) is 98.4 cm³/mol. The van der Waals surface area contributed by atoms with Crippen LogP contribution in [0, 0.1) is 6.92 Å². The lowest BCUT2D eigenvalue weighted by atomic mass is 10.1. The van der Waals surface area contributed by atoms with Crippen molar-refractivity contribution in [1.82, 2.24) is 24.6 Å². The fraction of sp³-hybridized carbons (Fsp3) is 0.0526. The van der Waals surface area contributed by atoms with E-state index in [0.717, 1.165) is 39.2 Å². The molecule has 126 valence electrons. The number of nitrogen functional groups attached to an aromatic ring is 1. The number of nitrogens with zero attached hydrogens (tertiary/aromatic N) is 5. The molecule has 7 nitrogen and oxygen atoms in total. The van der Waals surface area contributed by atoms with Gasteiger partial charge >= 0.3 is 0 Å². The molecular weight excluding hydrogens is 328 g/mol. The van der Waals surface area contributed by atoms with E-state index >= 15 is 0 Å². The molecule has 0 saturated carbocycles. The van der Waals surface area contributed by atoms with Gasteiger partial charge in [0.25, 0.3) is 6.01 Å². The Balaban J connectivity index is 1.72. The maximum absolute atomic E-state index is 5.64. The highest BCUT2D eigenvalue weighted by Gasteiger charge is 2.13. The van der Waals surface area contributed by atoms with Crippen molar-refractivity contribution in [3.8, 4) is 22.5 Å². The number of benzene rings is 1. The highest BCUT2D eigenvalue weighted by atomic mass is 16.4. The second-order valence-corrected chi connectivity index (χ2v) is 6.10. The van der Waals surface area contributed by atoms with Crippen LogP contribution in [0.5, 0.6) is 0 Å². The maximum atomic E-state index is 5.64. The van der Waals surface area contributed by atoms with Crippen LogP contribution >= 0.6 is 0 Å². The molecule has 7 heteroatoms. The summed E-state index contributed by atoms with van der Waals surface area (Å²) in [4.78, 5) is 8.21. The second kappa shape index (κ2) is 5.38. The van der Waals surface area contributed by atoms with E-state index in [1.54, 1.807) is 12.4 Å². The number of aryl methyl sites for hydroxylation is 1. The number of hydrogen-bond acceptors (Lipinski definition) is 6. The van der Waals surface area contributed by atoms with Gasteiger partial charge in [0.05, 0.1) is 0 Å². The van der Waals surface area contributed by atoms with Crippen LogP contribution in [0.15, 0.2) is 59.4 Å². The molecule has 0 unspecified atom stereocenters. The van der Waals surface area contributed by atoms with Gasteiger partial charge in [0, 0.05) is 24.2 Å². The molecule has 0 radical (unpaired) electrons. The van der Waals surface area contributed by atoms with Crippen molar-refractivity contribution in [3.63, 3.8) is 0 Å². The monoisotopic (exact) mass is 342 g/mol. The SMILES string of the molecule is Cc1cc(-c2ccc3nc(N)oc3c2)cn2c(-c3ccncc3)nnc12. The van der Waals surface area contributed by atoms with Gasteiger partial charge in [-0.1, -0.05) is 6.07 Å². The van der Waals surface area contributed by atoms with Gasteiger partial charge in [0.1, 0.15) is 5.52 Å². The molecule has 5 rings (SSSR count). The Bertz CT molecular complexity index is 1260. The van der Waals surface area contributed by atoms with Gasteiger partial charge in [-0.15, -0.1) is 10.2 Å². The minimum absolute atomic E-state index is 0.169. The summed E-state index contributed by atoms with van der Waals surface area (Å²) in [6.07, 6.45) is 5.52. The molecular formula is C19H14N6O. The van der Waals surface area contributed by atoms with Crippen LogP contribution in [0.4, 0.5) is 6.01 Å². The van der Waals surface area contributed by atoms with Gasteiger partial charge < -0.3 is 10.2 Å². The van der Waals surface area contributed by atoms with Crippen LogP contribution in [-0.2, 0) is 0 Å². The average Bonchev–Trinajstić information content (AvgIpc) is 3.24. The van der Waals surface area contributed by atoms with Crippen LogP contribution in [-0.4, -0.2) is 24.6 Å². The number of rotatable bonds is 2. The van der Waals surface area contributed by atoms with Gasteiger partial charge in [0.15, 0.2) is 17.1 Å². The summed E-state index contributed by atoms with van der Waals surface area (Å²) in [6, 6.07) is 11.9. The summed E-state index contributed by atoms with van der Waals surface area (Å²) in [7, 11) is 0. The molecule has 26 heavy (non-hydrogen) atoms. The second-order valence-electron chi connectivity index (χ2n) is 6.10. The van der Waals surface area contributed by atoms with Crippen LogP contribution in [0.25, 0.3) is 39.3 Å². The van der Waals surface area contributed by atoms with E-state index in [0.29, 0.717) is 5.58 Å². The Morgan fingerprint density at radius 1 is 0.962 bits per heavy atom. The summed E-state index contributed by atoms with van der Waals surface area (Å²) < 4.78 is 7.45. The van der Waals surface area contributed by atoms with Crippen molar-refractivity contribution in [2.24, 2.45) is 0 Å². The van der Waals surface area contributed by atoms with Gasteiger partial charge in [-0.05, 0) is 53.9 Å². The predicted octanol–water partition coefficient (Wildman–Crippen LogP) is 3.49.